The average Bonchev–Trinajstić information content (AvgIpc) is 2.45. The van der Waals surface area contributed by atoms with Gasteiger partial charge in [-0.25, -0.2) is 9.59 Å². The third-order valence-electron chi connectivity index (χ3n) is 2.40. The average molecular weight is 305 g/mol. The lowest BCUT2D eigenvalue weighted by Crippen LogP contribution is -2.20. The Morgan fingerprint density at radius 3 is 2.36 bits per heavy atom. The molecule has 0 atom stereocenters. The van der Waals surface area contributed by atoms with Crippen molar-refractivity contribution in [2.24, 2.45) is 0 Å². The minimum Gasteiger partial charge on any atom is -0.459 e. The smallest absolute Gasteiger partial charge is 0.338 e. The number of anilines is 1. The molecule has 0 fully saturated rings. The SMILES string of the molecule is C/C=C/C(=O)OCC(=O)Nc1ccc(C(=O)OC(C)C)cc1. The van der Waals surface area contributed by atoms with Crippen LogP contribution in [0.5, 0.6) is 0 Å². The molecule has 0 bridgehead atoms. The molecule has 0 saturated heterocycles. The Hall–Kier alpha value is -2.63. The van der Waals surface area contributed by atoms with Crippen LogP contribution in [0.2, 0.25) is 0 Å². The number of ether oxygens (including phenoxy) is 2. The quantitative estimate of drug-likeness (QED) is 0.644. The summed E-state index contributed by atoms with van der Waals surface area (Å²) < 4.78 is 9.77. The molecule has 22 heavy (non-hydrogen) atoms. The van der Waals surface area contributed by atoms with Crippen LogP contribution in [0.3, 0.4) is 0 Å². The Morgan fingerprint density at radius 1 is 1.18 bits per heavy atom. The van der Waals surface area contributed by atoms with Crippen LogP contribution in [0.25, 0.3) is 0 Å². The molecule has 0 unspecified atom stereocenters. The topological polar surface area (TPSA) is 81.7 Å². The summed E-state index contributed by atoms with van der Waals surface area (Å²) in [4.78, 5) is 34.3. The summed E-state index contributed by atoms with van der Waals surface area (Å²) in [6, 6.07) is 6.24. The van der Waals surface area contributed by atoms with Crippen molar-refractivity contribution < 1.29 is 23.9 Å². The molecular formula is C16H19NO5. The van der Waals surface area contributed by atoms with Gasteiger partial charge in [0.15, 0.2) is 6.61 Å². The summed E-state index contributed by atoms with van der Waals surface area (Å²) in [7, 11) is 0. The van der Waals surface area contributed by atoms with Gasteiger partial charge in [-0.05, 0) is 45.0 Å². The Labute approximate surface area is 129 Å². The predicted octanol–water partition coefficient (Wildman–Crippen LogP) is 2.31. The van der Waals surface area contributed by atoms with E-state index >= 15 is 0 Å². The maximum Gasteiger partial charge on any atom is 0.338 e. The molecule has 1 rings (SSSR count). The fraction of sp³-hybridized carbons (Fsp3) is 0.312. The summed E-state index contributed by atoms with van der Waals surface area (Å²) >= 11 is 0. The van der Waals surface area contributed by atoms with E-state index in [9.17, 15) is 14.4 Å². The lowest BCUT2D eigenvalue weighted by molar-refractivity contribution is -0.142. The number of hydrogen-bond donors (Lipinski definition) is 1. The van der Waals surface area contributed by atoms with Crippen LogP contribution in [0.15, 0.2) is 36.4 Å². The van der Waals surface area contributed by atoms with Crippen LogP contribution in [0.4, 0.5) is 5.69 Å². The van der Waals surface area contributed by atoms with Gasteiger partial charge in [0, 0.05) is 11.8 Å². The first-order chi connectivity index (χ1) is 10.4. The number of hydrogen-bond acceptors (Lipinski definition) is 5. The molecule has 0 aromatic heterocycles. The first-order valence-corrected chi connectivity index (χ1v) is 6.82. The van der Waals surface area contributed by atoms with Crippen LogP contribution in [0.1, 0.15) is 31.1 Å². The van der Waals surface area contributed by atoms with Crippen LogP contribution in [-0.4, -0.2) is 30.6 Å². The summed E-state index contributed by atoms with van der Waals surface area (Å²) in [6.45, 7) is 4.83. The maximum absolute atomic E-state index is 11.7. The van der Waals surface area contributed by atoms with Gasteiger partial charge in [0.05, 0.1) is 11.7 Å². The van der Waals surface area contributed by atoms with Gasteiger partial charge in [-0.15, -0.1) is 0 Å². The number of rotatable bonds is 6. The standard InChI is InChI=1S/C16H19NO5/c1-4-5-15(19)21-10-14(18)17-13-8-6-12(7-9-13)16(20)22-11(2)3/h4-9,11H,10H2,1-3H3,(H,17,18)/b5-4+. The molecule has 0 aliphatic heterocycles. The zero-order valence-corrected chi connectivity index (χ0v) is 12.8. The second-order valence-corrected chi connectivity index (χ2v) is 4.69. The molecule has 1 aromatic rings. The van der Waals surface area contributed by atoms with Gasteiger partial charge in [0.1, 0.15) is 0 Å². The van der Waals surface area contributed by atoms with Crippen molar-refractivity contribution in [2.75, 3.05) is 11.9 Å². The molecule has 0 saturated carbocycles. The zero-order chi connectivity index (χ0) is 16.5. The summed E-state index contributed by atoms with van der Waals surface area (Å²) in [5.41, 5.74) is 0.888. The predicted molar refractivity (Wildman–Crippen MR) is 81.4 cm³/mol. The Bertz CT molecular complexity index is 560. The lowest BCUT2D eigenvalue weighted by atomic mass is 10.2. The summed E-state index contributed by atoms with van der Waals surface area (Å²) in [5.74, 6) is -1.46. The number of allylic oxidation sites excluding steroid dienone is 1. The molecule has 1 N–H and O–H groups in total. The molecule has 0 aliphatic rings. The van der Waals surface area contributed by atoms with Gasteiger partial charge in [0.25, 0.3) is 5.91 Å². The lowest BCUT2D eigenvalue weighted by Gasteiger charge is -2.09. The van der Waals surface area contributed by atoms with Gasteiger partial charge in [-0.2, -0.15) is 0 Å². The maximum atomic E-state index is 11.7. The van der Waals surface area contributed by atoms with Crippen molar-refractivity contribution in [3.63, 3.8) is 0 Å². The molecule has 6 heteroatoms. The van der Waals surface area contributed by atoms with Crippen LogP contribution >= 0.6 is 0 Å². The van der Waals surface area contributed by atoms with Gasteiger partial charge in [-0.1, -0.05) is 6.08 Å². The van der Waals surface area contributed by atoms with Gasteiger partial charge in [0.2, 0.25) is 0 Å². The molecule has 0 aliphatic carbocycles. The van der Waals surface area contributed by atoms with E-state index in [0.717, 1.165) is 0 Å². The highest BCUT2D eigenvalue weighted by Gasteiger charge is 2.10. The minimum absolute atomic E-state index is 0.196. The largest absolute Gasteiger partial charge is 0.459 e. The van der Waals surface area contributed by atoms with Crippen molar-refractivity contribution >= 4 is 23.5 Å². The van der Waals surface area contributed by atoms with Crippen molar-refractivity contribution in [1.29, 1.82) is 0 Å². The third kappa shape index (κ3) is 6.21. The highest BCUT2D eigenvalue weighted by molar-refractivity contribution is 5.95. The van der Waals surface area contributed by atoms with Crippen molar-refractivity contribution in [3.05, 3.63) is 42.0 Å². The first-order valence-electron chi connectivity index (χ1n) is 6.82. The van der Waals surface area contributed by atoms with Gasteiger partial charge < -0.3 is 14.8 Å². The number of amides is 1. The molecule has 0 spiro atoms. The monoisotopic (exact) mass is 305 g/mol. The first kappa shape index (κ1) is 17.4. The number of nitrogens with one attached hydrogen (secondary N) is 1. The van der Waals surface area contributed by atoms with Crippen LogP contribution in [0, 0.1) is 0 Å². The van der Waals surface area contributed by atoms with E-state index in [2.05, 4.69) is 5.32 Å². The van der Waals surface area contributed by atoms with Gasteiger partial charge >= 0.3 is 11.9 Å². The Morgan fingerprint density at radius 2 is 1.82 bits per heavy atom. The number of esters is 2. The van der Waals surface area contributed by atoms with Crippen molar-refractivity contribution in [1.82, 2.24) is 0 Å². The third-order valence-corrected chi connectivity index (χ3v) is 2.40. The second-order valence-electron chi connectivity index (χ2n) is 4.69. The molecule has 1 aromatic carbocycles. The van der Waals surface area contributed by atoms with E-state index in [1.165, 1.54) is 12.2 Å². The number of benzene rings is 1. The fourth-order valence-electron chi connectivity index (χ4n) is 1.49. The van der Waals surface area contributed by atoms with Crippen LogP contribution < -0.4 is 5.32 Å². The molecule has 6 nitrogen and oxygen atoms in total. The van der Waals surface area contributed by atoms with Crippen LogP contribution in [-0.2, 0) is 19.1 Å². The zero-order valence-electron chi connectivity index (χ0n) is 12.8. The van der Waals surface area contributed by atoms with Crippen molar-refractivity contribution in [2.45, 2.75) is 26.9 Å². The van der Waals surface area contributed by atoms with Crippen molar-refractivity contribution in [3.8, 4) is 0 Å². The normalized spacial score (nSPS) is 10.5. The molecule has 118 valence electrons. The van der Waals surface area contributed by atoms with E-state index in [1.807, 2.05) is 0 Å². The molecule has 0 heterocycles. The highest BCUT2D eigenvalue weighted by atomic mass is 16.5. The number of carbonyl (C=O) groups is 3. The van der Waals surface area contributed by atoms with E-state index in [4.69, 9.17) is 9.47 Å². The minimum atomic E-state index is -0.579. The molecule has 1 amide bonds. The van der Waals surface area contributed by atoms with E-state index in [0.29, 0.717) is 11.3 Å². The Balaban J connectivity index is 2.52. The second kappa shape index (κ2) is 8.61. The van der Waals surface area contributed by atoms with E-state index in [1.54, 1.807) is 45.0 Å². The van der Waals surface area contributed by atoms with E-state index in [-0.39, 0.29) is 12.7 Å². The summed E-state index contributed by atoms with van der Waals surface area (Å²) in [5, 5.41) is 2.55. The Kier molecular flexibility index (Phi) is 6.82. The highest BCUT2D eigenvalue weighted by Crippen LogP contribution is 2.11. The fourth-order valence-corrected chi connectivity index (χ4v) is 1.49. The van der Waals surface area contributed by atoms with Gasteiger partial charge in [-0.3, -0.25) is 4.79 Å². The number of carbonyl (C=O) groups excluding carboxylic acids is 3. The van der Waals surface area contributed by atoms with E-state index < -0.39 is 17.8 Å². The molecule has 0 radical (unpaired) electrons. The summed E-state index contributed by atoms with van der Waals surface area (Å²) in [6.07, 6.45) is 2.55. The molecular weight excluding hydrogens is 286 g/mol.